The zero-order valence-electron chi connectivity index (χ0n) is 21.5. The molecule has 0 amide bonds. The number of carbonyl (C=O) groups is 2. The normalized spacial score (nSPS) is 14.5. The molecule has 0 spiro atoms. The Bertz CT molecular complexity index is 838. The minimum absolute atomic E-state index is 0.148. The Labute approximate surface area is 204 Å². The van der Waals surface area contributed by atoms with Gasteiger partial charge in [-0.05, 0) is 0 Å². The topological polar surface area (TPSA) is 71.1 Å². The fourth-order valence-electron chi connectivity index (χ4n) is 3.46. The predicted octanol–water partition coefficient (Wildman–Crippen LogP) is 6.57. The van der Waals surface area contributed by atoms with Crippen LogP contribution in [0.2, 0.25) is 8.87 Å². The molecule has 0 atom stereocenters. The van der Waals surface area contributed by atoms with Crippen molar-refractivity contribution in [3.63, 3.8) is 0 Å². The number of rotatable bonds is 9. The van der Waals surface area contributed by atoms with Crippen LogP contribution in [0.1, 0.15) is 86.6 Å². The summed E-state index contributed by atoms with van der Waals surface area (Å²) in [4.78, 5) is 25.7. The van der Waals surface area contributed by atoms with Crippen LogP contribution < -0.4 is 6.15 Å². The van der Waals surface area contributed by atoms with Crippen LogP contribution in [-0.4, -0.2) is 42.3 Å². The third-order valence-corrected chi connectivity index (χ3v) is 14.7. The Morgan fingerprint density at radius 3 is 1.79 bits per heavy atom. The zero-order chi connectivity index (χ0) is 24.9. The van der Waals surface area contributed by atoms with Gasteiger partial charge in [0.15, 0.2) is 0 Å². The predicted molar refractivity (Wildman–Crippen MR) is 133 cm³/mol. The van der Waals surface area contributed by atoms with Crippen LogP contribution in [0.4, 0.5) is 0 Å². The van der Waals surface area contributed by atoms with Crippen LogP contribution in [0, 0.1) is 0 Å². The van der Waals surface area contributed by atoms with Crippen LogP contribution in [0.15, 0.2) is 23.8 Å². The van der Waals surface area contributed by atoms with Gasteiger partial charge < -0.3 is 0 Å². The van der Waals surface area contributed by atoms with Crippen molar-refractivity contribution >= 4 is 37.2 Å². The van der Waals surface area contributed by atoms with Crippen molar-refractivity contribution < 1.29 is 25.2 Å². The third-order valence-electron chi connectivity index (χ3n) is 4.93. The van der Waals surface area contributed by atoms with Crippen LogP contribution in [0.3, 0.4) is 0 Å². The number of hydrogen-bond donors (Lipinski definition) is 0. The first kappa shape index (κ1) is 27.5. The average Bonchev–Trinajstić information content (AvgIpc) is 3.04. The quantitative estimate of drug-likeness (QED) is 0.111. The van der Waals surface area contributed by atoms with E-state index in [9.17, 15) is 9.59 Å². The Kier molecular flexibility index (Phi) is 9.31. The second-order valence-corrected chi connectivity index (χ2v) is 19.8. The van der Waals surface area contributed by atoms with E-state index in [2.05, 4.69) is 13.8 Å². The van der Waals surface area contributed by atoms with Gasteiger partial charge in [-0.25, -0.2) is 0 Å². The van der Waals surface area contributed by atoms with E-state index in [1.165, 1.54) is 6.08 Å². The summed E-state index contributed by atoms with van der Waals surface area (Å²) in [5.41, 5.74) is -0.957. The molecular weight excluding hydrogens is 527 g/mol. The second-order valence-electron chi connectivity index (χ2n) is 10.6. The summed E-state index contributed by atoms with van der Waals surface area (Å²) in [6, 6.07) is 5.55. The molecule has 1 aliphatic rings. The maximum atomic E-state index is 12.8. The van der Waals surface area contributed by atoms with Crippen LogP contribution in [-0.2, 0) is 19.1 Å². The number of carbonyl (C=O) groups excluding carboxylic acids is 2. The first-order chi connectivity index (χ1) is 15.3. The van der Waals surface area contributed by atoms with Gasteiger partial charge in [-0.1, -0.05) is 0 Å². The first-order valence-electron chi connectivity index (χ1n) is 12.0. The molecule has 2 rings (SSSR count). The van der Waals surface area contributed by atoms with Gasteiger partial charge in [0.25, 0.3) is 0 Å². The molecule has 0 unspecified atom stereocenters. The van der Waals surface area contributed by atoms with Crippen LogP contribution in [0.25, 0.3) is 6.08 Å². The number of benzene rings is 1. The molecule has 0 N–H and O–H groups in total. The van der Waals surface area contributed by atoms with Crippen molar-refractivity contribution in [1.82, 2.24) is 0 Å². The summed E-state index contributed by atoms with van der Waals surface area (Å²) in [7, 11) is 0. The van der Waals surface area contributed by atoms with E-state index in [4.69, 9.17) is 15.6 Å². The van der Waals surface area contributed by atoms with Gasteiger partial charge in [-0.15, -0.1) is 0 Å². The summed E-state index contributed by atoms with van der Waals surface area (Å²) in [5.74, 6) is 0.0494. The molecule has 0 bridgehead atoms. The van der Waals surface area contributed by atoms with Crippen molar-refractivity contribution in [3.05, 3.63) is 29.3 Å². The van der Waals surface area contributed by atoms with E-state index in [-0.39, 0.29) is 5.57 Å². The van der Waals surface area contributed by atoms with Crippen LogP contribution in [0.5, 0.6) is 11.5 Å². The molecular formula is C26H40O6Sn. The molecule has 6 nitrogen and oxygen atoms in total. The maximum absolute atomic E-state index is 12.8. The summed E-state index contributed by atoms with van der Waals surface area (Å²) < 4.78 is 26.0. The summed E-state index contributed by atoms with van der Waals surface area (Å²) in [6.45, 7) is 14.9. The van der Waals surface area contributed by atoms with E-state index < -0.39 is 42.3 Å². The van der Waals surface area contributed by atoms with Gasteiger partial charge in [0.05, 0.1) is 0 Å². The van der Waals surface area contributed by atoms with Crippen molar-refractivity contribution in [2.75, 3.05) is 0 Å². The summed E-state index contributed by atoms with van der Waals surface area (Å²) >= 11 is -3.22. The van der Waals surface area contributed by atoms with Gasteiger partial charge in [0.2, 0.25) is 0 Å². The molecule has 1 heterocycles. The van der Waals surface area contributed by atoms with E-state index in [1.54, 1.807) is 41.5 Å². The molecule has 7 heteroatoms. The Hall–Kier alpha value is -1.70. The van der Waals surface area contributed by atoms with E-state index in [0.29, 0.717) is 11.3 Å². The minimum atomic E-state index is -3.22. The number of ether oxygens (including phenoxy) is 2. The van der Waals surface area contributed by atoms with Gasteiger partial charge >= 0.3 is 204 Å². The van der Waals surface area contributed by atoms with Gasteiger partial charge in [0, 0.05) is 0 Å². The molecule has 1 aromatic carbocycles. The molecule has 0 aliphatic carbocycles. The Morgan fingerprint density at radius 2 is 1.33 bits per heavy atom. The average molecular weight is 567 g/mol. The summed E-state index contributed by atoms with van der Waals surface area (Å²) in [6.07, 6.45) is 5.93. The fraction of sp³-hybridized carbons (Fsp3) is 0.615. The Morgan fingerprint density at radius 1 is 0.848 bits per heavy atom. The van der Waals surface area contributed by atoms with Crippen molar-refractivity contribution in [2.45, 2.75) is 101 Å². The van der Waals surface area contributed by atoms with Crippen molar-refractivity contribution in [3.8, 4) is 11.5 Å². The van der Waals surface area contributed by atoms with E-state index in [0.717, 1.165) is 40.3 Å². The molecule has 1 aromatic rings. The molecule has 0 saturated carbocycles. The third kappa shape index (κ3) is 8.54. The standard InChI is InChI=1S/C18H24O6.2C4H9.Sn/c1-17(2,3)23-15(21)12(16(22)24-18(4,5)6)9-11-7-8-13(19)14(20)10-11;2*1-3-4-2;/h7-10,19-20H,1-6H3;2*1,3-4H2,2H3;/q;;;+2/p-2. The van der Waals surface area contributed by atoms with Gasteiger partial charge in [-0.3, -0.25) is 0 Å². The number of unbranched alkanes of at least 4 members (excludes halogenated alkanes) is 2. The molecule has 0 saturated heterocycles. The monoisotopic (exact) mass is 568 g/mol. The molecule has 0 aromatic heterocycles. The fourth-order valence-corrected chi connectivity index (χ4v) is 13.8. The zero-order valence-corrected chi connectivity index (χ0v) is 24.4. The second kappa shape index (κ2) is 11.1. The number of esters is 2. The van der Waals surface area contributed by atoms with E-state index >= 15 is 0 Å². The SMILES string of the molecule is CCC[CH2][Sn]1([CH2]CCC)[O]c2ccc(C=C(C(=O)OC(C)(C)C)C(=O)OC(C)(C)C)cc2[O]1. The Balaban J connectivity index is 2.37. The van der Waals surface area contributed by atoms with Crippen LogP contribution >= 0.6 is 0 Å². The molecule has 1 aliphatic heterocycles. The molecule has 33 heavy (non-hydrogen) atoms. The molecule has 0 radical (unpaired) electrons. The first-order valence-corrected chi connectivity index (χ1v) is 18.3. The van der Waals surface area contributed by atoms with Crippen molar-refractivity contribution in [2.24, 2.45) is 0 Å². The number of fused-ring (bicyclic) bond motifs is 1. The van der Waals surface area contributed by atoms with Crippen molar-refractivity contribution in [1.29, 1.82) is 0 Å². The summed E-state index contributed by atoms with van der Waals surface area (Å²) in [5, 5.41) is 0. The van der Waals surface area contributed by atoms with Gasteiger partial charge in [-0.2, -0.15) is 0 Å². The van der Waals surface area contributed by atoms with E-state index in [1.807, 2.05) is 18.2 Å². The number of hydrogen-bond acceptors (Lipinski definition) is 6. The molecule has 0 fully saturated rings. The molecule has 184 valence electrons. The van der Waals surface area contributed by atoms with Gasteiger partial charge in [0.1, 0.15) is 0 Å².